The van der Waals surface area contributed by atoms with Gasteiger partial charge in [-0.25, -0.2) is 9.78 Å². The quantitative estimate of drug-likeness (QED) is 0.693. The molecular weight excluding hydrogens is 164 g/mol. The summed E-state index contributed by atoms with van der Waals surface area (Å²) in [5.41, 5.74) is 6.11. The van der Waals surface area contributed by atoms with E-state index in [2.05, 4.69) is 4.98 Å². The SMILES string of the molecule is CC(N)c1csc(C(=O)O)n1. The molecule has 0 amide bonds. The highest BCUT2D eigenvalue weighted by molar-refractivity contribution is 7.11. The minimum Gasteiger partial charge on any atom is -0.476 e. The number of aromatic nitrogens is 1. The van der Waals surface area contributed by atoms with E-state index in [9.17, 15) is 4.79 Å². The number of hydrogen-bond donors (Lipinski definition) is 2. The molecule has 0 bridgehead atoms. The molecule has 0 radical (unpaired) electrons. The minimum absolute atomic E-state index is 0.0947. The second-order valence-corrected chi connectivity index (χ2v) is 3.03. The molecule has 0 saturated carbocycles. The number of carboxylic acids is 1. The van der Waals surface area contributed by atoms with Crippen LogP contribution in [0.3, 0.4) is 0 Å². The molecule has 1 atom stereocenters. The lowest BCUT2D eigenvalue weighted by Crippen LogP contribution is -2.06. The second-order valence-electron chi connectivity index (χ2n) is 2.17. The maximum absolute atomic E-state index is 10.3. The fourth-order valence-electron chi connectivity index (χ4n) is 0.594. The lowest BCUT2D eigenvalue weighted by Gasteiger charge is -1.96. The molecule has 1 unspecified atom stereocenters. The van der Waals surface area contributed by atoms with Crippen LogP contribution in [-0.4, -0.2) is 16.1 Å². The van der Waals surface area contributed by atoms with Crippen molar-refractivity contribution < 1.29 is 9.90 Å². The van der Waals surface area contributed by atoms with E-state index < -0.39 is 5.97 Å². The van der Waals surface area contributed by atoms with Gasteiger partial charge in [0, 0.05) is 11.4 Å². The Labute approximate surface area is 67.7 Å². The normalized spacial score (nSPS) is 12.9. The molecule has 0 fully saturated rings. The van der Waals surface area contributed by atoms with Crippen LogP contribution in [0.15, 0.2) is 5.38 Å². The van der Waals surface area contributed by atoms with E-state index in [0.717, 1.165) is 11.3 Å². The fraction of sp³-hybridized carbons (Fsp3) is 0.333. The standard InChI is InChI=1S/C6H8N2O2S/c1-3(7)4-2-11-5(8-4)6(9)10/h2-3H,7H2,1H3,(H,9,10). The molecule has 3 N–H and O–H groups in total. The maximum Gasteiger partial charge on any atom is 0.365 e. The van der Waals surface area contributed by atoms with Gasteiger partial charge in [-0.3, -0.25) is 0 Å². The highest BCUT2D eigenvalue weighted by Crippen LogP contribution is 2.14. The molecule has 1 aromatic heterocycles. The summed E-state index contributed by atoms with van der Waals surface area (Å²) >= 11 is 1.10. The summed E-state index contributed by atoms with van der Waals surface area (Å²) in [6.07, 6.45) is 0. The first-order valence-electron chi connectivity index (χ1n) is 3.05. The van der Waals surface area contributed by atoms with Crippen LogP contribution in [0.1, 0.15) is 28.5 Å². The summed E-state index contributed by atoms with van der Waals surface area (Å²) in [4.78, 5) is 14.1. The van der Waals surface area contributed by atoms with Crippen molar-refractivity contribution in [3.63, 3.8) is 0 Å². The predicted molar refractivity (Wildman–Crippen MR) is 41.7 cm³/mol. The first-order valence-corrected chi connectivity index (χ1v) is 3.93. The van der Waals surface area contributed by atoms with Crippen LogP contribution in [-0.2, 0) is 0 Å². The molecule has 5 heteroatoms. The Bertz CT molecular complexity index is 269. The van der Waals surface area contributed by atoms with Crippen LogP contribution in [0.4, 0.5) is 0 Å². The Balaban J connectivity index is 2.90. The van der Waals surface area contributed by atoms with Gasteiger partial charge in [0.1, 0.15) is 0 Å². The molecule has 60 valence electrons. The van der Waals surface area contributed by atoms with E-state index in [0.29, 0.717) is 5.69 Å². The zero-order chi connectivity index (χ0) is 8.43. The fourth-order valence-corrected chi connectivity index (χ4v) is 1.35. The van der Waals surface area contributed by atoms with Crippen LogP contribution in [0.2, 0.25) is 0 Å². The molecule has 1 heterocycles. The van der Waals surface area contributed by atoms with Crippen molar-refractivity contribution in [2.24, 2.45) is 5.73 Å². The number of nitrogens with two attached hydrogens (primary N) is 1. The highest BCUT2D eigenvalue weighted by Gasteiger charge is 2.10. The average molecular weight is 172 g/mol. The smallest absolute Gasteiger partial charge is 0.365 e. The predicted octanol–water partition coefficient (Wildman–Crippen LogP) is 0.861. The van der Waals surface area contributed by atoms with Gasteiger partial charge in [0.25, 0.3) is 0 Å². The van der Waals surface area contributed by atoms with Crippen molar-refractivity contribution in [2.45, 2.75) is 13.0 Å². The molecule has 0 spiro atoms. The summed E-state index contributed by atoms with van der Waals surface area (Å²) < 4.78 is 0. The topological polar surface area (TPSA) is 76.2 Å². The van der Waals surface area contributed by atoms with Crippen molar-refractivity contribution >= 4 is 17.3 Å². The Morgan fingerprint density at radius 3 is 2.82 bits per heavy atom. The molecule has 4 nitrogen and oxygen atoms in total. The van der Waals surface area contributed by atoms with E-state index in [1.165, 1.54) is 0 Å². The Morgan fingerprint density at radius 2 is 2.55 bits per heavy atom. The van der Waals surface area contributed by atoms with Crippen LogP contribution >= 0.6 is 11.3 Å². The number of aromatic carboxylic acids is 1. The van der Waals surface area contributed by atoms with Gasteiger partial charge in [-0.15, -0.1) is 11.3 Å². The number of carbonyl (C=O) groups is 1. The Morgan fingerprint density at radius 1 is 1.91 bits per heavy atom. The molecule has 0 aliphatic rings. The summed E-state index contributed by atoms with van der Waals surface area (Å²) in [5.74, 6) is -0.998. The third-order valence-corrected chi connectivity index (χ3v) is 2.02. The van der Waals surface area contributed by atoms with Gasteiger partial charge in [0.05, 0.1) is 5.69 Å². The van der Waals surface area contributed by atoms with Gasteiger partial charge in [-0.1, -0.05) is 0 Å². The van der Waals surface area contributed by atoms with Crippen molar-refractivity contribution in [1.82, 2.24) is 4.98 Å². The van der Waals surface area contributed by atoms with Gasteiger partial charge in [-0.2, -0.15) is 0 Å². The van der Waals surface area contributed by atoms with E-state index in [-0.39, 0.29) is 11.0 Å². The van der Waals surface area contributed by atoms with Crippen molar-refractivity contribution in [1.29, 1.82) is 0 Å². The van der Waals surface area contributed by atoms with E-state index in [1.54, 1.807) is 12.3 Å². The number of nitrogens with zero attached hydrogens (tertiary/aromatic N) is 1. The molecule has 11 heavy (non-hydrogen) atoms. The van der Waals surface area contributed by atoms with E-state index in [4.69, 9.17) is 10.8 Å². The largest absolute Gasteiger partial charge is 0.476 e. The molecule has 1 rings (SSSR count). The Kier molecular flexibility index (Phi) is 2.21. The van der Waals surface area contributed by atoms with Gasteiger partial charge in [-0.05, 0) is 6.92 Å². The van der Waals surface area contributed by atoms with Gasteiger partial charge in [0.15, 0.2) is 0 Å². The van der Waals surface area contributed by atoms with E-state index >= 15 is 0 Å². The molecular formula is C6H8N2O2S. The van der Waals surface area contributed by atoms with Crippen LogP contribution in [0.25, 0.3) is 0 Å². The van der Waals surface area contributed by atoms with Crippen molar-refractivity contribution in [3.8, 4) is 0 Å². The van der Waals surface area contributed by atoms with Gasteiger partial charge < -0.3 is 10.8 Å². The number of hydrogen-bond acceptors (Lipinski definition) is 4. The number of thiazole rings is 1. The van der Waals surface area contributed by atoms with Crippen LogP contribution in [0.5, 0.6) is 0 Å². The minimum atomic E-state index is -0.998. The van der Waals surface area contributed by atoms with E-state index in [1.807, 2.05) is 0 Å². The van der Waals surface area contributed by atoms with Crippen molar-refractivity contribution in [3.05, 3.63) is 16.1 Å². The monoisotopic (exact) mass is 172 g/mol. The Hall–Kier alpha value is -0.940. The third-order valence-electron chi connectivity index (χ3n) is 1.17. The summed E-state index contributed by atoms with van der Waals surface area (Å²) in [7, 11) is 0. The molecule has 0 aliphatic heterocycles. The zero-order valence-electron chi connectivity index (χ0n) is 5.94. The summed E-state index contributed by atoms with van der Waals surface area (Å²) in [6, 6.07) is -0.195. The molecule has 0 aromatic carbocycles. The lowest BCUT2D eigenvalue weighted by atomic mass is 10.3. The highest BCUT2D eigenvalue weighted by atomic mass is 32.1. The number of carboxylic acid groups (broad SMARTS) is 1. The summed E-state index contributed by atoms with van der Waals surface area (Å²) in [6.45, 7) is 1.76. The van der Waals surface area contributed by atoms with Gasteiger partial charge in [0.2, 0.25) is 5.01 Å². The molecule has 1 aromatic rings. The third kappa shape index (κ3) is 1.75. The number of rotatable bonds is 2. The first kappa shape index (κ1) is 8.16. The van der Waals surface area contributed by atoms with Crippen LogP contribution < -0.4 is 5.73 Å². The van der Waals surface area contributed by atoms with Gasteiger partial charge >= 0.3 is 5.97 Å². The first-order chi connectivity index (χ1) is 5.11. The molecule has 0 saturated heterocycles. The maximum atomic E-state index is 10.3. The average Bonchev–Trinajstić information content (AvgIpc) is 2.33. The molecule has 0 aliphatic carbocycles. The van der Waals surface area contributed by atoms with Crippen LogP contribution in [0, 0.1) is 0 Å². The second kappa shape index (κ2) is 2.98. The van der Waals surface area contributed by atoms with Crippen molar-refractivity contribution in [2.75, 3.05) is 0 Å². The summed E-state index contributed by atoms with van der Waals surface area (Å²) in [5, 5.41) is 10.2. The zero-order valence-corrected chi connectivity index (χ0v) is 6.76. The lowest BCUT2D eigenvalue weighted by molar-refractivity contribution is 0.0696.